The van der Waals surface area contributed by atoms with Crippen molar-refractivity contribution in [2.75, 3.05) is 18.0 Å². The lowest BCUT2D eigenvalue weighted by Crippen LogP contribution is -2.40. The van der Waals surface area contributed by atoms with Gasteiger partial charge in [0.2, 0.25) is 10.0 Å². The molecule has 1 N–H and O–H groups in total. The highest BCUT2D eigenvalue weighted by Gasteiger charge is 2.30. The standard InChI is InChI=1S/C18H21N3O3S2/c1-2-14-9-10-17(25-14)26(22,23)19-12-13-6-5-11-21(13)18-20-15-7-3-4-8-16(15)24-18/h3-4,7-10,13,19H,2,5-6,11-12H2,1H3. The molecule has 26 heavy (non-hydrogen) atoms. The zero-order valence-electron chi connectivity index (χ0n) is 14.5. The van der Waals surface area contributed by atoms with Crippen LogP contribution in [0.25, 0.3) is 11.1 Å². The van der Waals surface area contributed by atoms with Crippen LogP contribution in [0.2, 0.25) is 0 Å². The molecule has 1 unspecified atom stereocenters. The van der Waals surface area contributed by atoms with Crippen molar-refractivity contribution < 1.29 is 12.8 Å². The number of thiophene rings is 1. The van der Waals surface area contributed by atoms with Crippen molar-refractivity contribution in [3.8, 4) is 0 Å². The number of nitrogens with zero attached hydrogens (tertiary/aromatic N) is 2. The molecule has 1 aliphatic rings. The van der Waals surface area contributed by atoms with E-state index < -0.39 is 10.0 Å². The van der Waals surface area contributed by atoms with Crippen molar-refractivity contribution in [2.45, 2.75) is 36.4 Å². The fourth-order valence-corrected chi connectivity index (χ4v) is 5.67. The van der Waals surface area contributed by atoms with Crippen molar-refractivity contribution in [3.63, 3.8) is 0 Å². The van der Waals surface area contributed by atoms with Crippen LogP contribution in [-0.2, 0) is 16.4 Å². The average Bonchev–Trinajstić information content (AvgIpc) is 3.37. The summed E-state index contributed by atoms with van der Waals surface area (Å²) in [6, 6.07) is 11.8. The Labute approximate surface area is 156 Å². The van der Waals surface area contributed by atoms with Crippen molar-refractivity contribution in [2.24, 2.45) is 0 Å². The van der Waals surface area contributed by atoms with Crippen molar-refractivity contribution in [3.05, 3.63) is 41.3 Å². The number of sulfonamides is 1. The van der Waals surface area contributed by atoms with E-state index in [0.717, 1.165) is 41.8 Å². The van der Waals surface area contributed by atoms with E-state index in [9.17, 15) is 8.42 Å². The minimum atomic E-state index is -3.48. The van der Waals surface area contributed by atoms with E-state index in [2.05, 4.69) is 14.6 Å². The van der Waals surface area contributed by atoms with Crippen LogP contribution in [0.3, 0.4) is 0 Å². The Balaban J connectivity index is 1.48. The van der Waals surface area contributed by atoms with E-state index in [-0.39, 0.29) is 6.04 Å². The molecule has 0 aliphatic carbocycles. The van der Waals surface area contributed by atoms with Gasteiger partial charge in [-0.2, -0.15) is 4.98 Å². The highest BCUT2D eigenvalue weighted by molar-refractivity contribution is 7.91. The van der Waals surface area contributed by atoms with Crippen molar-refractivity contribution >= 4 is 38.5 Å². The van der Waals surface area contributed by atoms with E-state index in [0.29, 0.717) is 16.8 Å². The molecular weight excluding hydrogens is 370 g/mol. The third-order valence-electron chi connectivity index (χ3n) is 4.66. The van der Waals surface area contributed by atoms with Crippen LogP contribution in [0, 0.1) is 0 Å². The number of aryl methyl sites for hydroxylation is 1. The molecule has 6 nitrogen and oxygen atoms in total. The van der Waals surface area contributed by atoms with Crippen molar-refractivity contribution in [1.29, 1.82) is 0 Å². The van der Waals surface area contributed by atoms with Crippen LogP contribution >= 0.6 is 11.3 Å². The number of para-hydroxylation sites is 2. The van der Waals surface area contributed by atoms with Crippen molar-refractivity contribution in [1.82, 2.24) is 9.71 Å². The van der Waals surface area contributed by atoms with Gasteiger partial charge in [0.15, 0.2) is 5.58 Å². The third-order valence-corrected chi connectivity index (χ3v) is 7.81. The number of benzene rings is 1. The molecule has 0 amide bonds. The summed E-state index contributed by atoms with van der Waals surface area (Å²) in [6.07, 6.45) is 2.74. The summed E-state index contributed by atoms with van der Waals surface area (Å²) in [5.74, 6) is 0. The predicted molar refractivity (Wildman–Crippen MR) is 103 cm³/mol. The fraction of sp³-hybridized carbons (Fsp3) is 0.389. The summed E-state index contributed by atoms with van der Waals surface area (Å²) in [5, 5.41) is 0. The number of nitrogens with one attached hydrogen (secondary N) is 1. The van der Waals surface area contributed by atoms with Gasteiger partial charge in [0.25, 0.3) is 6.01 Å². The van der Waals surface area contributed by atoms with E-state index in [4.69, 9.17) is 4.42 Å². The molecule has 1 atom stereocenters. The normalized spacial score (nSPS) is 18.0. The first kappa shape index (κ1) is 17.5. The monoisotopic (exact) mass is 391 g/mol. The zero-order chi connectivity index (χ0) is 18.1. The largest absolute Gasteiger partial charge is 0.423 e. The number of hydrogen-bond donors (Lipinski definition) is 1. The smallest absolute Gasteiger partial charge is 0.298 e. The molecule has 1 aromatic carbocycles. The third kappa shape index (κ3) is 3.36. The quantitative estimate of drug-likeness (QED) is 0.697. The summed E-state index contributed by atoms with van der Waals surface area (Å²) >= 11 is 1.33. The first-order valence-electron chi connectivity index (χ1n) is 8.77. The van der Waals surface area contributed by atoms with E-state index in [1.54, 1.807) is 6.07 Å². The molecule has 1 saturated heterocycles. The molecule has 0 radical (unpaired) electrons. The molecule has 1 aliphatic heterocycles. The maximum Gasteiger partial charge on any atom is 0.298 e. The van der Waals surface area contributed by atoms with Gasteiger partial charge in [-0.3, -0.25) is 0 Å². The number of anilines is 1. The summed E-state index contributed by atoms with van der Waals surface area (Å²) in [7, 11) is -3.48. The number of rotatable bonds is 6. The molecular formula is C18H21N3O3S2. The predicted octanol–water partition coefficient (Wildman–Crippen LogP) is 3.40. The molecule has 138 valence electrons. The van der Waals surface area contributed by atoms with Gasteiger partial charge in [-0.05, 0) is 43.5 Å². The SMILES string of the molecule is CCc1ccc(S(=O)(=O)NCC2CCCN2c2nc3ccccc3o2)s1. The Bertz CT molecular complexity index is 977. The fourth-order valence-electron chi connectivity index (χ4n) is 3.25. The number of hydrogen-bond acceptors (Lipinski definition) is 6. The minimum absolute atomic E-state index is 0.0449. The molecule has 0 saturated carbocycles. The zero-order valence-corrected chi connectivity index (χ0v) is 16.1. The van der Waals surface area contributed by atoms with Gasteiger partial charge >= 0.3 is 0 Å². The summed E-state index contributed by atoms with van der Waals surface area (Å²) in [6.45, 7) is 3.19. The highest BCUT2D eigenvalue weighted by Crippen LogP contribution is 2.28. The Morgan fingerprint density at radius 3 is 2.92 bits per heavy atom. The van der Waals surface area contributed by atoms with Crippen LogP contribution in [0.5, 0.6) is 0 Å². The lowest BCUT2D eigenvalue weighted by Gasteiger charge is -2.22. The van der Waals surface area contributed by atoms with E-state index in [1.165, 1.54) is 11.3 Å². The van der Waals surface area contributed by atoms with Gasteiger partial charge in [-0.25, -0.2) is 13.1 Å². The Morgan fingerprint density at radius 1 is 1.31 bits per heavy atom. The van der Waals surface area contributed by atoms with Crippen LogP contribution in [0.1, 0.15) is 24.6 Å². The molecule has 3 heterocycles. The molecule has 0 spiro atoms. The van der Waals surface area contributed by atoms with Crippen LogP contribution in [0.4, 0.5) is 6.01 Å². The second-order valence-electron chi connectivity index (χ2n) is 6.38. The highest BCUT2D eigenvalue weighted by atomic mass is 32.2. The number of aromatic nitrogens is 1. The molecule has 8 heteroatoms. The second kappa shape index (κ2) is 7.02. The van der Waals surface area contributed by atoms with E-state index >= 15 is 0 Å². The van der Waals surface area contributed by atoms with Crippen LogP contribution < -0.4 is 9.62 Å². The van der Waals surface area contributed by atoms with Crippen LogP contribution in [0.15, 0.2) is 45.0 Å². The van der Waals surface area contributed by atoms with E-state index in [1.807, 2.05) is 37.3 Å². The van der Waals surface area contributed by atoms with Gasteiger partial charge in [-0.15, -0.1) is 11.3 Å². The van der Waals surface area contributed by atoms with Gasteiger partial charge in [0.05, 0.1) is 0 Å². The summed E-state index contributed by atoms with van der Waals surface area (Å²) in [5.41, 5.74) is 1.57. The molecule has 1 fully saturated rings. The first-order valence-corrected chi connectivity index (χ1v) is 11.1. The molecule has 2 aromatic heterocycles. The van der Waals surface area contributed by atoms with Crippen LogP contribution in [-0.4, -0.2) is 32.5 Å². The lowest BCUT2D eigenvalue weighted by molar-refractivity contribution is 0.534. The average molecular weight is 392 g/mol. The van der Waals surface area contributed by atoms with Gasteiger partial charge < -0.3 is 9.32 Å². The molecule has 0 bridgehead atoms. The first-order chi connectivity index (χ1) is 12.6. The Morgan fingerprint density at radius 2 is 2.15 bits per heavy atom. The Kier molecular flexibility index (Phi) is 4.73. The molecule has 3 aromatic rings. The molecule has 4 rings (SSSR count). The maximum absolute atomic E-state index is 12.5. The topological polar surface area (TPSA) is 75.4 Å². The summed E-state index contributed by atoms with van der Waals surface area (Å²) < 4.78 is 34.1. The summed E-state index contributed by atoms with van der Waals surface area (Å²) in [4.78, 5) is 7.68. The minimum Gasteiger partial charge on any atom is -0.423 e. The maximum atomic E-state index is 12.5. The van der Waals surface area contributed by atoms with Gasteiger partial charge in [0.1, 0.15) is 9.73 Å². The van der Waals surface area contributed by atoms with Gasteiger partial charge in [-0.1, -0.05) is 19.1 Å². The second-order valence-corrected chi connectivity index (χ2v) is 9.54. The van der Waals surface area contributed by atoms with Gasteiger partial charge in [0, 0.05) is 24.0 Å². The Hall–Kier alpha value is -1.90. The number of fused-ring (bicyclic) bond motifs is 1. The number of oxazole rings is 1. The lowest BCUT2D eigenvalue weighted by atomic mass is 10.2.